The number of nitrogens with zero attached hydrogens (tertiary/aromatic N) is 4. The zero-order valence-corrected chi connectivity index (χ0v) is 16.3. The molecule has 0 saturated heterocycles. The van der Waals surface area contributed by atoms with Gasteiger partial charge >= 0.3 is 0 Å². The van der Waals surface area contributed by atoms with Crippen molar-refractivity contribution in [1.29, 1.82) is 0 Å². The fourth-order valence-electron chi connectivity index (χ4n) is 3.12. The molecule has 0 unspecified atom stereocenters. The molecule has 5 nitrogen and oxygen atoms in total. The highest BCUT2D eigenvalue weighted by molar-refractivity contribution is 5.63. The van der Waals surface area contributed by atoms with Crippen molar-refractivity contribution in [2.75, 3.05) is 34.8 Å². The third kappa shape index (κ3) is 4.56. The molecule has 1 N–H and O–H groups in total. The summed E-state index contributed by atoms with van der Waals surface area (Å²) in [7, 11) is 0. The summed E-state index contributed by atoms with van der Waals surface area (Å²) in [6.07, 6.45) is 1.79. The normalized spacial score (nSPS) is 10.5. The van der Waals surface area contributed by atoms with Crippen molar-refractivity contribution in [1.82, 2.24) is 9.97 Å². The first-order chi connectivity index (χ1) is 13.2. The molecular weight excluding hydrogens is 334 g/mol. The molecule has 1 heterocycles. The van der Waals surface area contributed by atoms with E-state index in [0.29, 0.717) is 5.95 Å². The van der Waals surface area contributed by atoms with E-state index < -0.39 is 0 Å². The predicted molar refractivity (Wildman–Crippen MR) is 114 cm³/mol. The lowest BCUT2D eigenvalue weighted by Gasteiger charge is -2.22. The van der Waals surface area contributed by atoms with E-state index in [2.05, 4.69) is 77.3 Å². The van der Waals surface area contributed by atoms with Gasteiger partial charge in [-0.15, -0.1) is 0 Å². The highest BCUT2D eigenvalue weighted by Crippen LogP contribution is 2.25. The van der Waals surface area contributed by atoms with E-state index in [1.165, 1.54) is 5.69 Å². The van der Waals surface area contributed by atoms with Crippen LogP contribution >= 0.6 is 0 Å². The van der Waals surface area contributed by atoms with Gasteiger partial charge in [0, 0.05) is 42.9 Å². The zero-order valence-electron chi connectivity index (χ0n) is 16.3. The fourth-order valence-corrected chi connectivity index (χ4v) is 3.12. The van der Waals surface area contributed by atoms with Crippen LogP contribution in [0.5, 0.6) is 0 Å². The maximum Gasteiger partial charge on any atom is 0.229 e. The van der Waals surface area contributed by atoms with Crippen LogP contribution in [-0.4, -0.2) is 29.6 Å². The number of hydrogen-bond acceptors (Lipinski definition) is 5. The van der Waals surface area contributed by atoms with Gasteiger partial charge in [0.2, 0.25) is 5.95 Å². The van der Waals surface area contributed by atoms with Gasteiger partial charge in [-0.3, -0.25) is 0 Å². The molecule has 0 radical (unpaired) electrons. The molecule has 27 heavy (non-hydrogen) atoms. The molecule has 2 aromatic carbocycles. The summed E-state index contributed by atoms with van der Waals surface area (Å²) in [5.74, 6) is 1.47. The molecule has 0 atom stereocenters. The fraction of sp³-hybridized carbons (Fsp3) is 0.273. The highest BCUT2D eigenvalue weighted by atomic mass is 15.2. The van der Waals surface area contributed by atoms with Crippen LogP contribution in [0.3, 0.4) is 0 Å². The summed E-state index contributed by atoms with van der Waals surface area (Å²) in [6.45, 7) is 9.29. The van der Waals surface area contributed by atoms with E-state index in [1.54, 1.807) is 6.20 Å². The molecule has 0 spiro atoms. The van der Waals surface area contributed by atoms with Gasteiger partial charge in [0.1, 0.15) is 5.82 Å². The summed E-state index contributed by atoms with van der Waals surface area (Å²) < 4.78 is 0. The number of nitrogens with one attached hydrogen (secondary N) is 1. The van der Waals surface area contributed by atoms with E-state index in [0.717, 1.165) is 36.8 Å². The molecule has 0 bridgehead atoms. The maximum absolute atomic E-state index is 4.70. The van der Waals surface area contributed by atoms with Crippen LogP contribution in [0.2, 0.25) is 0 Å². The van der Waals surface area contributed by atoms with Crippen molar-refractivity contribution in [2.24, 2.45) is 0 Å². The molecule has 0 aliphatic rings. The van der Waals surface area contributed by atoms with Gasteiger partial charge in [-0.25, -0.2) is 4.98 Å². The summed E-state index contributed by atoms with van der Waals surface area (Å²) >= 11 is 0. The minimum absolute atomic E-state index is 0.595. The van der Waals surface area contributed by atoms with Crippen molar-refractivity contribution in [3.8, 4) is 0 Å². The topological polar surface area (TPSA) is 44.3 Å². The van der Waals surface area contributed by atoms with E-state index >= 15 is 0 Å². The highest BCUT2D eigenvalue weighted by Gasteiger charge is 2.10. The molecule has 3 rings (SSSR count). The second-order valence-electron chi connectivity index (χ2n) is 6.16. The van der Waals surface area contributed by atoms with Crippen LogP contribution in [-0.2, 0) is 0 Å². The Bertz CT molecular complexity index is 829. The van der Waals surface area contributed by atoms with E-state index in [1.807, 2.05) is 24.3 Å². The molecule has 0 saturated carbocycles. The molecular formula is C22H27N5. The van der Waals surface area contributed by atoms with Gasteiger partial charge in [0.05, 0.1) is 0 Å². The van der Waals surface area contributed by atoms with Crippen LogP contribution in [0.25, 0.3) is 0 Å². The number of hydrogen-bond donors (Lipinski definition) is 1. The van der Waals surface area contributed by atoms with Crippen molar-refractivity contribution in [2.45, 2.75) is 20.8 Å². The van der Waals surface area contributed by atoms with Crippen LogP contribution in [0, 0.1) is 0 Å². The van der Waals surface area contributed by atoms with Gasteiger partial charge in [-0.2, -0.15) is 4.98 Å². The second-order valence-corrected chi connectivity index (χ2v) is 6.16. The third-order valence-electron chi connectivity index (χ3n) is 4.55. The van der Waals surface area contributed by atoms with Gasteiger partial charge in [0.15, 0.2) is 0 Å². The molecule has 0 aliphatic carbocycles. The van der Waals surface area contributed by atoms with E-state index in [-0.39, 0.29) is 0 Å². The van der Waals surface area contributed by atoms with Gasteiger partial charge in [-0.1, -0.05) is 18.2 Å². The number of anilines is 5. The summed E-state index contributed by atoms with van der Waals surface area (Å²) in [4.78, 5) is 13.6. The Labute approximate surface area is 161 Å². The van der Waals surface area contributed by atoms with Gasteiger partial charge in [-0.05, 0) is 63.2 Å². The average Bonchev–Trinajstić information content (AvgIpc) is 2.72. The predicted octanol–water partition coefficient (Wildman–Crippen LogP) is 5.22. The molecule has 3 aromatic rings. The lowest BCUT2D eigenvalue weighted by Crippen LogP contribution is -2.21. The van der Waals surface area contributed by atoms with Crippen LogP contribution in [0.1, 0.15) is 20.8 Å². The Morgan fingerprint density at radius 1 is 0.778 bits per heavy atom. The number of para-hydroxylation sites is 1. The SMILES string of the molecule is CCN(CC)c1ccc(Nc2nccc(N(CC)c3ccccc3)n2)cc1. The number of aromatic nitrogens is 2. The Hall–Kier alpha value is -3.08. The Balaban J connectivity index is 1.78. The molecule has 1 aromatic heterocycles. The largest absolute Gasteiger partial charge is 0.372 e. The maximum atomic E-state index is 4.70. The quantitative estimate of drug-likeness (QED) is 0.595. The third-order valence-corrected chi connectivity index (χ3v) is 4.55. The monoisotopic (exact) mass is 361 g/mol. The summed E-state index contributed by atoms with van der Waals surface area (Å²) in [5, 5.41) is 3.31. The number of benzene rings is 2. The van der Waals surface area contributed by atoms with Gasteiger partial charge in [0.25, 0.3) is 0 Å². The minimum atomic E-state index is 0.595. The van der Waals surface area contributed by atoms with Crippen LogP contribution < -0.4 is 15.1 Å². The molecule has 5 heteroatoms. The lowest BCUT2D eigenvalue weighted by molar-refractivity contribution is 0.866. The average molecular weight is 361 g/mol. The summed E-state index contributed by atoms with van der Waals surface area (Å²) in [6, 6.07) is 20.6. The van der Waals surface area contributed by atoms with Crippen LogP contribution in [0.4, 0.5) is 28.8 Å². The minimum Gasteiger partial charge on any atom is -0.372 e. The van der Waals surface area contributed by atoms with Crippen molar-refractivity contribution < 1.29 is 0 Å². The zero-order chi connectivity index (χ0) is 19.1. The Morgan fingerprint density at radius 2 is 1.48 bits per heavy atom. The van der Waals surface area contributed by atoms with E-state index in [9.17, 15) is 0 Å². The molecule has 0 amide bonds. The lowest BCUT2D eigenvalue weighted by atomic mass is 10.2. The molecule has 0 aliphatic heterocycles. The Kier molecular flexibility index (Phi) is 6.26. The first kappa shape index (κ1) is 18.7. The standard InChI is InChI=1S/C22H27N5/c1-4-26(5-2)19-14-12-18(13-15-19)24-22-23-17-16-21(25-22)27(6-3)20-10-8-7-9-11-20/h7-17H,4-6H2,1-3H3,(H,23,24,25). The van der Waals surface area contributed by atoms with Gasteiger partial charge < -0.3 is 15.1 Å². The van der Waals surface area contributed by atoms with Crippen molar-refractivity contribution in [3.05, 3.63) is 66.9 Å². The summed E-state index contributed by atoms with van der Waals surface area (Å²) in [5.41, 5.74) is 3.32. The first-order valence-electron chi connectivity index (χ1n) is 9.52. The van der Waals surface area contributed by atoms with Crippen LogP contribution in [0.15, 0.2) is 66.9 Å². The van der Waals surface area contributed by atoms with Crippen molar-refractivity contribution in [3.63, 3.8) is 0 Å². The molecule has 140 valence electrons. The smallest absolute Gasteiger partial charge is 0.229 e. The second kappa shape index (κ2) is 9.03. The van der Waals surface area contributed by atoms with Crippen molar-refractivity contribution >= 4 is 28.8 Å². The first-order valence-corrected chi connectivity index (χ1v) is 9.52. The number of rotatable bonds is 8. The molecule has 0 fully saturated rings. The van der Waals surface area contributed by atoms with E-state index in [4.69, 9.17) is 4.98 Å². The Morgan fingerprint density at radius 3 is 2.11 bits per heavy atom.